The summed E-state index contributed by atoms with van der Waals surface area (Å²) in [6, 6.07) is 3.38. The number of hydrogen-bond acceptors (Lipinski definition) is 3. The van der Waals surface area contributed by atoms with Crippen LogP contribution in [0.2, 0.25) is 0 Å². The number of rotatable bonds is 6. The van der Waals surface area contributed by atoms with Gasteiger partial charge in [0.25, 0.3) is 0 Å². The van der Waals surface area contributed by atoms with E-state index in [1.54, 1.807) is 6.07 Å². The molecule has 2 unspecified atom stereocenters. The van der Waals surface area contributed by atoms with E-state index in [-0.39, 0.29) is 11.9 Å². The van der Waals surface area contributed by atoms with Gasteiger partial charge >= 0.3 is 0 Å². The van der Waals surface area contributed by atoms with Crippen molar-refractivity contribution in [3.05, 3.63) is 29.8 Å². The third-order valence-electron chi connectivity index (χ3n) is 3.73. The smallest absolute Gasteiger partial charge is 0.141 e. The fraction of sp³-hybridized carbons (Fsp3) is 0.667. The van der Waals surface area contributed by atoms with Gasteiger partial charge in [0, 0.05) is 12.6 Å². The molecule has 1 aromatic heterocycles. The minimum Gasteiger partial charge on any atom is -0.309 e. The summed E-state index contributed by atoms with van der Waals surface area (Å²) in [5, 5.41) is 3.48. The van der Waals surface area contributed by atoms with Crippen molar-refractivity contribution in [3.8, 4) is 0 Å². The molecule has 0 aliphatic carbocycles. The largest absolute Gasteiger partial charge is 0.309 e. The van der Waals surface area contributed by atoms with Crippen LogP contribution in [0.1, 0.15) is 38.4 Å². The number of nitrogens with zero attached hydrogens (tertiary/aromatic N) is 2. The molecule has 19 heavy (non-hydrogen) atoms. The third kappa shape index (κ3) is 4.55. The molecule has 1 aromatic rings. The van der Waals surface area contributed by atoms with E-state index in [4.69, 9.17) is 0 Å². The Morgan fingerprint density at radius 3 is 2.68 bits per heavy atom. The van der Waals surface area contributed by atoms with E-state index >= 15 is 0 Å². The molecule has 0 radical (unpaired) electrons. The molecule has 0 amide bonds. The van der Waals surface area contributed by atoms with E-state index < -0.39 is 0 Å². The van der Waals surface area contributed by atoms with Crippen molar-refractivity contribution in [2.24, 2.45) is 5.92 Å². The molecule has 2 rings (SSSR count). The SMILES string of the molecule is CC(CNC(C)c1ccc(F)cn1)CN1CCCC1. The Labute approximate surface area is 115 Å². The summed E-state index contributed by atoms with van der Waals surface area (Å²) in [6.45, 7) is 8.98. The van der Waals surface area contributed by atoms with E-state index in [0.717, 1.165) is 18.8 Å². The molecule has 106 valence electrons. The van der Waals surface area contributed by atoms with E-state index in [1.165, 1.54) is 38.2 Å². The zero-order chi connectivity index (χ0) is 13.7. The Bertz CT molecular complexity index is 373. The molecule has 1 saturated heterocycles. The van der Waals surface area contributed by atoms with Gasteiger partial charge < -0.3 is 10.2 Å². The summed E-state index contributed by atoms with van der Waals surface area (Å²) in [5.41, 5.74) is 0.898. The van der Waals surface area contributed by atoms with E-state index in [2.05, 4.69) is 29.0 Å². The molecule has 0 saturated carbocycles. The van der Waals surface area contributed by atoms with E-state index in [0.29, 0.717) is 5.92 Å². The molecule has 3 nitrogen and oxygen atoms in total. The van der Waals surface area contributed by atoms with Gasteiger partial charge in [-0.15, -0.1) is 0 Å². The van der Waals surface area contributed by atoms with Crippen molar-refractivity contribution in [2.45, 2.75) is 32.7 Å². The fourth-order valence-corrected chi connectivity index (χ4v) is 2.60. The van der Waals surface area contributed by atoms with Gasteiger partial charge in [-0.25, -0.2) is 4.39 Å². The van der Waals surface area contributed by atoms with Crippen LogP contribution in [0.5, 0.6) is 0 Å². The van der Waals surface area contributed by atoms with Crippen LogP contribution in [0.25, 0.3) is 0 Å². The highest BCUT2D eigenvalue weighted by Crippen LogP contribution is 2.12. The first kappa shape index (κ1) is 14.4. The molecule has 2 atom stereocenters. The van der Waals surface area contributed by atoms with Gasteiger partial charge in [-0.3, -0.25) is 4.98 Å². The monoisotopic (exact) mass is 265 g/mol. The maximum atomic E-state index is 12.8. The summed E-state index contributed by atoms with van der Waals surface area (Å²) >= 11 is 0. The molecule has 1 fully saturated rings. The van der Waals surface area contributed by atoms with Crippen LogP contribution in [0, 0.1) is 11.7 Å². The van der Waals surface area contributed by atoms with Crippen molar-refractivity contribution < 1.29 is 4.39 Å². The highest BCUT2D eigenvalue weighted by molar-refractivity contribution is 5.08. The molecule has 0 bridgehead atoms. The number of aromatic nitrogens is 1. The molecule has 0 spiro atoms. The fourth-order valence-electron chi connectivity index (χ4n) is 2.60. The zero-order valence-electron chi connectivity index (χ0n) is 11.9. The first-order valence-corrected chi connectivity index (χ1v) is 7.22. The number of halogens is 1. The Morgan fingerprint density at radius 2 is 2.05 bits per heavy atom. The molecule has 0 aromatic carbocycles. The quantitative estimate of drug-likeness (QED) is 0.857. The highest BCUT2D eigenvalue weighted by atomic mass is 19.1. The van der Waals surface area contributed by atoms with Gasteiger partial charge in [0.1, 0.15) is 5.82 Å². The van der Waals surface area contributed by atoms with Crippen LogP contribution >= 0.6 is 0 Å². The van der Waals surface area contributed by atoms with Gasteiger partial charge in [-0.05, 0) is 57.5 Å². The molecule has 2 heterocycles. The number of likely N-dealkylation sites (tertiary alicyclic amines) is 1. The van der Waals surface area contributed by atoms with Crippen LogP contribution in [0.4, 0.5) is 4.39 Å². The molecule has 4 heteroatoms. The molecule has 1 N–H and O–H groups in total. The number of nitrogens with one attached hydrogen (secondary N) is 1. The van der Waals surface area contributed by atoms with Crippen LogP contribution in [0.15, 0.2) is 18.3 Å². The summed E-state index contributed by atoms with van der Waals surface area (Å²) in [7, 11) is 0. The van der Waals surface area contributed by atoms with Crippen molar-refractivity contribution in [1.29, 1.82) is 0 Å². The first-order chi connectivity index (χ1) is 9.15. The predicted molar refractivity (Wildman–Crippen MR) is 75.5 cm³/mol. The molecular weight excluding hydrogens is 241 g/mol. The minimum absolute atomic E-state index is 0.168. The van der Waals surface area contributed by atoms with Crippen molar-refractivity contribution >= 4 is 0 Å². The second-order valence-electron chi connectivity index (χ2n) is 5.64. The number of hydrogen-bond donors (Lipinski definition) is 1. The molecule has 1 aliphatic heterocycles. The maximum Gasteiger partial charge on any atom is 0.141 e. The second-order valence-corrected chi connectivity index (χ2v) is 5.64. The second kappa shape index (κ2) is 6.96. The Morgan fingerprint density at radius 1 is 1.32 bits per heavy atom. The first-order valence-electron chi connectivity index (χ1n) is 7.22. The summed E-state index contributed by atoms with van der Waals surface area (Å²) < 4.78 is 12.8. The van der Waals surface area contributed by atoms with Crippen LogP contribution < -0.4 is 5.32 Å². The Kier molecular flexibility index (Phi) is 5.28. The van der Waals surface area contributed by atoms with Gasteiger partial charge in [-0.2, -0.15) is 0 Å². The van der Waals surface area contributed by atoms with Crippen LogP contribution in [0.3, 0.4) is 0 Å². The van der Waals surface area contributed by atoms with Gasteiger partial charge in [0.15, 0.2) is 0 Å². The average Bonchev–Trinajstić information content (AvgIpc) is 2.89. The van der Waals surface area contributed by atoms with Crippen molar-refractivity contribution in [3.63, 3.8) is 0 Å². The Hall–Kier alpha value is -1.00. The van der Waals surface area contributed by atoms with Gasteiger partial charge in [0.2, 0.25) is 0 Å². The minimum atomic E-state index is -0.279. The summed E-state index contributed by atoms with van der Waals surface area (Å²) in [5.74, 6) is 0.347. The molecule has 1 aliphatic rings. The van der Waals surface area contributed by atoms with Crippen LogP contribution in [-0.4, -0.2) is 36.1 Å². The predicted octanol–water partition coefficient (Wildman–Crippen LogP) is 2.60. The summed E-state index contributed by atoms with van der Waals surface area (Å²) in [6.07, 6.45) is 3.97. The maximum absolute atomic E-state index is 12.8. The Balaban J connectivity index is 1.73. The highest BCUT2D eigenvalue weighted by Gasteiger charge is 2.15. The third-order valence-corrected chi connectivity index (χ3v) is 3.73. The zero-order valence-corrected chi connectivity index (χ0v) is 11.9. The lowest BCUT2D eigenvalue weighted by molar-refractivity contribution is 0.278. The lowest BCUT2D eigenvalue weighted by atomic mass is 10.1. The standard InChI is InChI=1S/C15H24FN3/c1-12(11-19-7-3-4-8-19)9-17-13(2)15-6-5-14(16)10-18-15/h5-6,10,12-13,17H,3-4,7-9,11H2,1-2H3. The van der Waals surface area contributed by atoms with Gasteiger partial charge in [0.05, 0.1) is 11.9 Å². The average molecular weight is 265 g/mol. The lowest BCUT2D eigenvalue weighted by Gasteiger charge is -2.22. The van der Waals surface area contributed by atoms with Crippen molar-refractivity contribution in [1.82, 2.24) is 15.2 Å². The molecular formula is C15H24FN3. The summed E-state index contributed by atoms with van der Waals surface area (Å²) in [4.78, 5) is 6.65. The van der Waals surface area contributed by atoms with E-state index in [9.17, 15) is 4.39 Å². The topological polar surface area (TPSA) is 28.2 Å². The lowest BCUT2D eigenvalue weighted by Crippen LogP contribution is -2.32. The van der Waals surface area contributed by atoms with Gasteiger partial charge in [-0.1, -0.05) is 6.92 Å². The van der Waals surface area contributed by atoms with Crippen molar-refractivity contribution in [2.75, 3.05) is 26.2 Å². The normalized spacial score (nSPS) is 19.5. The van der Waals surface area contributed by atoms with Crippen LogP contribution in [-0.2, 0) is 0 Å². The van der Waals surface area contributed by atoms with E-state index in [1.807, 2.05) is 0 Å². The number of pyridine rings is 1.